The van der Waals surface area contributed by atoms with E-state index in [4.69, 9.17) is 16.6 Å². The summed E-state index contributed by atoms with van der Waals surface area (Å²) in [5.74, 6) is 0.166. The standard InChI is InChI=1S/C20H20ClN3O3S2/c1-22-29(26,27)16-4-2-3-14(11-16)20(25)24-9-7-13(8-10-24)19-23-17-12-15(21)5-6-18(17)28-19/h2-6,11-13,22H,7-10H2,1H3. The van der Waals surface area contributed by atoms with E-state index in [1.54, 1.807) is 28.4 Å². The predicted octanol–water partition coefficient (Wildman–Crippen LogP) is 3.88. The number of thiazole rings is 1. The minimum absolute atomic E-state index is 0.0915. The number of likely N-dealkylation sites (tertiary alicyclic amines) is 1. The van der Waals surface area contributed by atoms with Gasteiger partial charge in [-0.2, -0.15) is 0 Å². The van der Waals surface area contributed by atoms with Crippen LogP contribution >= 0.6 is 22.9 Å². The fourth-order valence-corrected chi connectivity index (χ4v) is 5.58. The van der Waals surface area contributed by atoms with E-state index in [1.165, 1.54) is 19.2 Å². The quantitative estimate of drug-likeness (QED) is 0.655. The third-order valence-electron chi connectivity index (χ3n) is 5.16. The zero-order valence-corrected chi connectivity index (χ0v) is 18.1. The maximum Gasteiger partial charge on any atom is 0.253 e. The molecule has 0 saturated carbocycles. The third kappa shape index (κ3) is 4.16. The minimum atomic E-state index is -3.58. The molecule has 29 heavy (non-hydrogen) atoms. The Morgan fingerprint density at radius 1 is 1.21 bits per heavy atom. The Morgan fingerprint density at radius 2 is 1.97 bits per heavy atom. The molecule has 1 aromatic heterocycles. The van der Waals surface area contributed by atoms with Crippen molar-refractivity contribution < 1.29 is 13.2 Å². The Balaban J connectivity index is 1.46. The van der Waals surface area contributed by atoms with Crippen LogP contribution in [0.1, 0.15) is 34.1 Å². The van der Waals surface area contributed by atoms with Gasteiger partial charge < -0.3 is 4.90 Å². The van der Waals surface area contributed by atoms with Gasteiger partial charge in [-0.15, -0.1) is 11.3 Å². The van der Waals surface area contributed by atoms with Crippen LogP contribution in [0, 0.1) is 0 Å². The molecule has 1 amide bonds. The number of benzene rings is 2. The molecule has 0 aliphatic carbocycles. The first-order valence-corrected chi connectivity index (χ1v) is 11.9. The molecular weight excluding hydrogens is 430 g/mol. The fourth-order valence-electron chi connectivity index (χ4n) is 3.52. The second kappa shape index (κ2) is 8.02. The lowest BCUT2D eigenvalue weighted by Crippen LogP contribution is -2.38. The van der Waals surface area contributed by atoms with Gasteiger partial charge in [-0.05, 0) is 56.3 Å². The van der Waals surface area contributed by atoms with Crippen LogP contribution in [0.25, 0.3) is 10.2 Å². The van der Waals surface area contributed by atoms with E-state index in [2.05, 4.69) is 4.72 Å². The van der Waals surface area contributed by atoms with Crippen molar-refractivity contribution in [2.45, 2.75) is 23.7 Å². The van der Waals surface area contributed by atoms with Gasteiger partial charge in [-0.3, -0.25) is 4.79 Å². The van der Waals surface area contributed by atoms with Crippen molar-refractivity contribution >= 4 is 49.1 Å². The van der Waals surface area contributed by atoms with Crippen molar-refractivity contribution in [1.82, 2.24) is 14.6 Å². The normalized spacial score (nSPS) is 15.7. The summed E-state index contributed by atoms with van der Waals surface area (Å²) in [5, 5.41) is 1.76. The molecule has 6 nitrogen and oxygen atoms in total. The van der Waals surface area contributed by atoms with Crippen LogP contribution in [-0.2, 0) is 10.0 Å². The van der Waals surface area contributed by atoms with Crippen molar-refractivity contribution in [2.24, 2.45) is 0 Å². The lowest BCUT2D eigenvalue weighted by atomic mass is 9.97. The van der Waals surface area contributed by atoms with Crippen LogP contribution in [0.2, 0.25) is 5.02 Å². The number of carbonyl (C=O) groups excluding carboxylic acids is 1. The summed E-state index contributed by atoms with van der Waals surface area (Å²) in [6.45, 7) is 1.23. The lowest BCUT2D eigenvalue weighted by molar-refractivity contribution is 0.0712. The van der Waals surface area contributed by atoms with Crippen LogP contribution in [0.3, 0.4) is 0 Å². The second-order valence-corrected chi connectivity index (χ2v) is 10.4. The summed E-state index contributed by atoms with van der Waals surface area (Å²) >= 11 is 7.73. The van der Waals surface area contributed by atoms with Crippen molar-refractivity contribution in [3.63, 3.8) is 0 Å². The number of carbonyl (C=O) groups is 1. The number of aromatic nitrogens is 1. The number of hydrogen-bond acceptors (Lipinski definition) is 5. The zero-order valence-electron chi connectivity index (χ0n) is 15.8. The van der Waals surface area contributed by atoms with Gasteiger partial charge in [-0.1, -0.05) is 17.7 Å². The van der Waals surface area contributed by atoms with Gasteiger partial charge in [0.2, 0.25) is 10.0 Å². The number of amides is 1. The topological polar surface area (TPSA) is 79.4 Å². The summed E-state index contributed by atoms with van der Waals surface area (Å²) in [7, 11) is -2.23. The van der Waals surface area contributed by atoms with Crippen LogP contribution in [-0.4, -0.2) is 44.3 Å². The molecule has 1 fully saturated rings. The SMILES string of the molecule is CNS(=O)(=O)c1cccc(C(=O)N2CCC(c3nc4cc(Cl)ccc4s3)CC2)c1. The van der Waals surface area contributed by atoms with Crippen molar-refractivity contribution in [3.05, 3.63) is 58.1 Å². The maximum atomic E-state index is 12.9. The first-order valence-electron chi connectivity index (χ1n) is 9.26. The Kier molecular flexibility index (Phi) is 5.61. The molecule has 152 valence electrons. The molecule has 2 aromatic carbocycles. The summed E-state index contributed by atoms with van der Waals surface area (Å²) in [6.07, 6.45) is 1.65. The molecule has 1 aliphatic heterocycles. The zero-order chi connectivity index (χ0) is 20.6. The molecule has 0 spiro atoms. The first kappa shape index (κ1) is 20.3. The molecule has 1 N–H and O–H groups in total. The summed E-state index contributed by atoms with van der Waals surface area (Å²) in [4.78, 5) is 19.5. The average Bonchev–Trinajstić information content (AvgIpc) is 3.16. The maximum absolute atomic E-state index is 12.9. The molecule has 2 heterocycles. The van der Waals surface area contributed by atoms with Crippen molar-refractivity contribution in [1.29, 1.82) is 0 Å². The Morgan fingerprint density at radius 3 is 2.69 bits per heavy atom. The van der Waals surface area contributed by atoms with E-state index >= 15 is 0 Å². The Bertz CT molecular complexity index is 1170. The molecule has 1 saturated heterocycles. The second-order valence-electron chi connectivity index (χ2n) is 6.97. The van der Waals surface area contributed by atoms with Gasteiger partial charge in [0, 0.05) is 29.6 Å². The molecule has 9 heteroatoms. The highest BCUT2D eigenvalue weighted by Gasteiger charge is 2.27. The number of rotatable bonds is 4. The smallest absolute Gasteiger partial charge is 0.253 e. The number of piperidine rings is 1. The number of fused-ring (bicyclic) bond motifs is 1. The minimum Gasteiger partial charge on any atom is -0.339 e. The number of halogens is 1. The van der Waals surface area contributed by atoms with Crippen molar-refractivity contribution in [2.75, 3.05) is 20.1 Å². The fraction of sp³-hybridized carbons (Fsp3) is 0.300. The molecule has 3 aromatic rings. The molecule has 4 rings (SSSR count). The van der Waals surface area contributed by atoms with Crippen LogP contribution in [0.5, 0.6) is 0 Å². The van der Waals surface area contributed by atoms with Gasteiger partial charge in [0.1, 0.15) is 0 Å². The molecule has 0 bridgehead atoms. The van der Waals surface area contributed by atoms with E-state index in [1.807, 2.05) is 18.2 Å². The molecule has 0 radical (unpaired) electrons. The van der Waals surface area contributed by atoms with E-state index in [0.717, 1.165) is 28.1 Å². The third-order valence-corrected chi connectivity index (χ3v) is 8.00. The number of nitrogens with zero attached hydrogens (tertiary/aromatic N) is 2. The summed E-state index contributed by atoms with van der Waals surface area (Å²) < 4.78 is 27.4. The Labute approximate surface area is 178 Å². The van der Waals surface area contributed by atoms with Gasteiger partial charge in [-0.25, -0.2) is 18.1 Å². The van der Waals surface area contributed by atoms with E-state index in [-0.39, 0.29) is 10.8 Å². The van der Waals surface area contributed by atoms with Crippen LogP contribution in [0.15, 0.2) is 47.4 Å². The molecule has 0 unspecified atom stereocenters. The highest BCUT2D eigenvalue weighted by Crippen LogP contribution is 2.35. The number of hydrogen-bond donors (Lipinski definition) is 1. The number of sulfonamides is 1. The van der Waals surface area contributed by atoms with E-state index in [0.29, 0.717) is 29.6 Å². The van der Waals surface area contributed by atoms with Crippen LogP contribution in [0.4, 0.5) is 0 Å². The molecule has 0 atom stereocenters. The van der Waals surface area contributed by atoms with Gasteiger partial charge >= 0.3 is 0 Å². The molecular formula is C20H20ClN3O3S2. The van der Waals surface area contributed by atoms with Gasteiger partial charge in [0.05, 0.1) is 20.1 Å². The lowest BCUT2D eigenvalue weighted by Gasteiger charge is -2.31. The average molecular weight is 450 g/mol. The highest BCUT2D eigenvalue weighted by molar-refractivity contribution is 7.89. The van der Waals surface area contributed by atoms with E-state index in [9.17, 15) is 13.2 Å². The van der Waals surface area contributed by atoms with Crippen LogP contribution < -0.4 is 4.72 Å². The molecule has 1 aliphatic rings. The van der Waals surface area contributed by atoms with Gasteiger partial charge in [0.15, 0.2) is 0 Å². The van der Waals surface area contributed by atoms with Crippen molar-refractivity contribution in [3.8, 4) is 0 Å². The predicted molar refractivity (Wildman–Crippen MR) is 115 cm³/mol. The Hall–Kier alpha value is -2.00. The number of nitrogens with one attached hydrogen (secondary N) is 1. The largest absolute Gasteiger partial charge is 0.339 e. The summed E-state index contributed by atoms with van der Waals surface area (Å²) in [5.41, 5.74) is 1.30. The van der Waals surface area contributed by atoms with Gasteiger partial charge in [0.25, 0.3) is 5.91 Å². The monoisotopic (exact) mass is 449 g/mol. The highest BCUT2D eigenvalue weighted by atomic mass is 35.5. The van der Waals surface area contributed by atoms with E-state index < -0.39 is 10.0 Å². The first-order chi connectivity index (χ1) is 13.9. The summed E-state index contributed by atoms with van der Waals surface area (Å²) in [6, 6.07) is 11.9.